The van der Waals surface area contributed by atoms with Gasteiger partial charge in [0, 0.05) is 0 Å². The van der Waals surface area contributed by atoms with Crippen molar-refractivity contribution in [3.63, 3.8) is 0 Å². The van der Waals surface area contributed by atoms with Crippen LogP contribution in [0.15, 0.2) is 0 Å². The third-order valence-electron chi connectivity index (χ3n) is 3.52. The van der Waals surface area contributed by atoms with Gasteiger partial charge < -0.3 is 15.5 Å². The zero-order valence-corrected chi connectivity index (χ0v) is 10.8. The van der Waals surface area contributed by atoms with Crippen LogP contribution < -0.4 is 5.32 Å². The second kappa shape index (κ2) is 6.92. The number of carbonyl (C=O) groups excluding carboxylic acids is 1. The Hall–Kier alpha value is -1.31. The van der Waals surface area contributed by atoms with Crippen molar-refractivity contribution >= 4 is 11.9 Å². The third kappa shape index (κ3) is 4.99. The number of aliphatic hydroxyl groups excluding tert-OH is 1. The largest absolute Gasteiger partial charge is 0.479 e. The number of alkyl halides is 3. The van der Waals surface area contributed by atoms with Crippen LogP contribution in [0.2, 0.25) is 0 Å². The second-order valence-electron chi connectivity index (χ2n) is 5.10. The first-order valence-corrected chi connectivity index (χ1v) is 6.50. The number of carboxylic acid groups (broad SMARTS) is 1. The first-order chi connectivity index (χ1) is 9.21. The fourth-order valence-electron chi connectivity index (χ4n) is 2.47. The van der Waals surface area contributed by atoms with E-state index < -0.39 is 30.2 Å². The van der Waals surface area contributed by atoms with Gasteiger partial charge in [0.05, 0.1) is 6.04 Å². The van der Waals surface area contributed by atoms with Crippen molar-refractivity contribution in [2.75, 3.05) is 0 Å². The van der Waals surface area contributed by atoms with Gasteiger partial charge in [0.15, 0.2) is 6.10 Å². The molecule has 5 nitrogen and oxygen atoms in total. The number of aliphatic carboxylic acids is 1. The molecule has 1 saturated carbocycles. The quantitative estimate of drug-likeness (QED) is 0.717. The minimum atomic E-state index is -5.09. The molecule has 20 heavy (non-hydrogen) atoms. The third-order valence-corrected chi connectivity index (χ3v) is 3.52. The van der Waals surface area contributed by atoms with E-state index in [1.54, 1.807) is 5.32 Å². The molecule has 0 aromatic heterocycles. The van der Waals surface area contributed by atoms with E-state index in [2.05, 4.69) is 0 Å². The lowest BCUT2D eigenvalue weighted by molar-refractivity contribution is -0.176. The molecule has 8 heteroatoms. The molecule has 1 aliphatic rings. The van der Waals surface area contributed by atoms with Crippen LogP contribution in [0.1, 0.15) is 38.5 Å². The molecule has 0 bridgehead atoms. The van der Waals surface area contributed by atoms with Crippen molar-refractivity contribution in [2.45, 2.75) is 56.8 Å². The van der Waals surface area contributed by atoms with E-state index in [0.29, 0.717) is 0 Å². The van der Waals surface area contributed by atoms with E-state index >= 15 is 0 Å². The number of hydrogen-bond donors (Lipinski definition) is 3. The highest BCUT2D eigenvalue weighted by Crippen LogP contribution is 2.28. The Morgan fingerprint density at radius 3 is 2.20 bits per heavy atom. The molecule has 1 rings (SSSR count). The van der Waals surface area contributed by atoms with Crippen LogP contribution in [-0.2, 0) is 9.59 Å². The molecule has 1 amide bonds. The van der Waals surface area contributed by atoms with E-state index in [-0.39, 0.29) is 12.3 Å². The summed E-state index contributed by atoms with van der Waals surface area (Å²) in [5.41, 5.74) is 0. The smallest absolute Gasteiger partial charge is 0.471 e. The Bertz CT molecular complexity index is 353. The maximum atomic E-state index is 12.2. The topological polar surface area (TPSA) is 86.6 Å². The van der Waals surface area contributed by atoms with Gasteiger partial charge in [-0.05, 0) is 12.3 Å². The van der Waals surface area contributed by atoms with Crippen LogP contribution in [0.25, 0.3) is 0 Å². The highest BCUT2D eigenvalue weighted by Gasteiger charge is 2.42. The molecule has 0 heterocycles. The van der Waals surface area contributed by atoms with E-state index in [1.807, 2.05) is 0 Å². The maximum absolute atomic E-state index is 12.2. The summed E-state index contributed by atoms with van der Waals surface area (Å²) in [6.45, 7) is 0. The van der Waals surface area contributed by atoms with E-state index in [1.165, 1.54) is 0 Å². The van der Waals surface area contributed by atoms with Crippen LogP contribution in [-0.4, -0.2) is 40.4 Å². The number of rotatable bonds is 5. The summed E-state index contributed by atoms with van der Waals surface area (Å²) in [6.07, 6.45) is -2.67. The maximum Gasteiger partial charge on any atom is 0.471 e. The molecule has 3 N–H and O–H groups in total. The van der Waals surface area contributed by atoms with E-state index in [0.717, 1.165) is 32.1 Å². The lowest BCUT2D eigenvalue weighted by Gasteiger charge is -2.28. The van der Waals surface area contributed by atoms with Gasteiger partial charge in [0.25, 0.3) is 0 Å². The van der Waals surface area contributed by atoms with Gasteiger partial charge in [-0.15, -0.1) is 0 Å². The monoisotopic (exact) mass is 297 g/mol. The number of carbonyl (C=O) groups is 2. The lowest BCUT2D eigenvalue weighted by Crippen LogP contribution is -2.51. The number of hydrogen-bond acceptors (Lipinski definition) is 3. The van der Waals surface area contributed by atoms with Crippen molar-refractivity contribution in [1.29, 1.82) is 0 Å². The minimum Gasteiger partial charge on any atom is -0.479 e. The van der Waals surface area contributed by atoms with Crippen LogP contribution in [0.3, 0.4) is 0 Å². The summed E-state index contributed by atoms with van der Waals surface area (Å²) in [5, 5.41) is 19.8. The van der Waals surface area contributed by atoms with Gasteiger partial charge in [0.2, 0.25) is 0 Å². The Balaban J connectivity index is 2.69. The standard InChI is InChI=1S/C12H18F3NO4/c13-12(14,15)11(20)16-8(9(17)10(18)19)6-7-4-2-1-3-5-7/h7-9,17H,1-6H2,(H,16,20)(H,18,19). The Labute approximate surface area is 114 Å². The number of aliphatic hydroxyl groups is 1. The van der Waals surface area contributed by atoms with Crippen molar-refractivity contribution in [3.05, 3.63) is 0 Å². The summed E-state index contributed by atoms with van der Waals surface area (Å²) in [4.78, 5) is 21.6. The molecular formula is C12H18F3NO4. The molecule has 2 unspecified atom stereocenters. The van der Waals surface area contributed by atoms with Crippen molar-refractivity contribution in [2.24, 2.45) is 5.92 Å². The van der Waals surface area contributed by atoms with Crippen molar-refractivity contribution < 1.29 is 33.0 Å². The zero-order chi connectivity index (χ0) is 15.3. The number of amides is 1. The Kier molecular flexibility index (Phi) is 5.79. The molecule has 0 aromatic carbocycles. The van der Waals surface area contributed by atoms with E-state index in [4.69, 9.17) is 5.11 Å². The summed E-state index contributed by atoms with van der Waals surface area (Å²) >= 11 is 0. The summed E-state index contributed by atoms with van der Waals surface area (Å²) in [7, 11) is 0. The normalized spacial score (nSPS) is 20.2. The number of carboxylic acids is 1. The summed E-state index contributed by atoms with van der Waals surface area (Å²) in [5.74, 6) is -3.84. The summed E-state index contributed by atoms with van der Waals surface area (Å²) in [6, 6.07) is -1.43. The molecule has 2 atom stereocenters. The Morgan fingerprint density at radius 1 is 1.20 bits per heavy atom. The highest BCUT2D eigenvalue weighted by molar-refractivity contribution is 5.83. The van der Waals surface area contributed by atoms with E-state index in [9.17, 15) is 27.9 Å². The molecule has 0 spiro atoms. The molecule has 0 aliphatic heterocycles. The average molecular weight is 297 g/mol. The van der Waals surface area contributed by atoms with Crippen LogP contribution in [0.5, 0.6) is 0 Å². The van der Waals surface area contributed by atoms with Gasteiger partial charge >= 0.3 is 18.1 Å². The van der Waals surface area contributed by atoms with Gasteiger partial charge in [-0.2, -0.15) is 13.2 Å². The number of nitrogens with one attached hydrogen (secondary N) is 1. The van der Waals surface area contributed by atoms with Gasteiger partial charge in [0.1, 0.15) is 0 Å². The fourth-order valence-corrected chi connectivity index (χ4v) is 2.47. The summed E-state index contributed by atoms with van der Waals surface area (Å²) < 4.78 is 36.6. The van der Waals surface area contributed by atoms with Crippen LogP contribution in [0.4, 0.5) is 13.2 Å². The first kappa shape index (κ1) is 16.7. The van der Waals surface area contributed by atoms with Crippen LogP contribution >= 0.6 is 0 Å². The molecule has 0 saturated heterocycles. The zero-order valence-electron chi connectivity index (χ0n) is 10.8. The predicted octanol–water partition coefficient (Wildman–Crippen LogP) is 1.45. The first-order valence-electron chi connectivity index (χ1n) is 6.50. The van der Waals surface area contributed by atoms with Gasteiger partial charge in [-0.3, -0.25) is 4.79 Å². The molecule has 0 radical (unpaired) electrons. The number of halogens is 3. The van der Waals surface area contributed by atoms with Gasteiger partial charge in [-0.25, -0.2) is 4.79 Å². The van der Waals surface area contributed by atoms with Crippen molar-refractivity contribution in [3.8, 4) is 0 Å². The predicted molar refractivity (Wildman–Crippen MR) is 62.8 cm³/mol. The highest BCUT2D eigenvalue weighted by atomic mass is 19.4. The lowest BCUT2D eigenvalue weighted by atomic mass is 9.83. The Morgan fingerprint density at radius 2 is 1.75 bits per heavy atom. The van der Waals surface area contributed by atoms with Crippen LogP contribution in [0, 0.1) is 5.92 Å². The molecular weight excluding hydrogens is 279 g/mol. The average Bonchev–Trinajstić information content (AvgIpc) is 2.37. The molecule has 1 aliphatic carbocycles. The fraction of sp³-hybridized carbons (Fsp3) is 0.833. The molecule has 0 aromatic rings. The van der Waals surface area contributed by atoms with Crippen molar-refractivity contribution in [1.82, 2.24) is 5.32 Å². The van der Waals surface area contributed by atoms with Gasteiger partial charge in [-0.1, -0.05) is 32.1 Å². The SMILES string of the molecule is O=C(O)C(O)C(CC1CCCCC1)NC(=O)C(F)(F)F. The minimum absolute atomic E-state index is 0.0243. The second-order valence-corrected chi connectivity index (χ2v) is 5.10. The molecule has 1 fully saturated rings. The molecule has 116 valence electrons.